The van der Waals surface area contributed by atoms with Gasteiger partial charge in [-0.25, -0.2) is 4.98 Å². The Kier molecular flexibility index (Phi) is 6.04. The molecule has 0 aromatic carbocycles. The first kappa shape index (κ1) is 17.0. The van der Waals surface area contributed by atoms with Crippen LogP contribution in [0.3, 0.4) is 0 Å². The van der Waals surface area contributed by atoms with Crippen LogP contribution in [0.5, 0.6) is 11.5 Å². The maximum Gasteiger partial charge on any atom is 0.273 e. The van der Waals surface area contributed by atoms with Crippen molar-refractivity contribution in [2.45, 2.75) is 39.8 Å². The Bertz CT molecular complexity index is 482. The molecule has 0 saturated carbocycles. The minimum atomic E-state index is -0.103. The first-order valence-electron chi connectivity index (χ1n) is 6.44. The molecule has 0 radical (unpaired) electrons. The highest BCUT2D eigenvalue weighted by atomic mass is 127. The van der Waals surface area contributed by atoms with Gasteiger partial charge >= 0.3 is 0 Å². The molecule has 0 unspecified atom stereocenters. The van der Waals surface area contributed by atoms with Gasteiger partial charge in [-0.3, -0.25) is 4.79 Å². The lowest BCUT2D eigenvalue weighted by Crippen LogP contribution is -2.42. The van der Waals surface area contributed by atoms with Gasteiger partial charge in [0, 0.05) is 18.2 Å². The van der Waals surface area contributed by atoms with Crippen molar-refractivity contribution >= 4 is 28.5 Å². The van der Waals surface area contributed by atoms with Crippen LogP contribution in [0.25, 0.3) is 0 Å². The summed E-state index contributed by atoms with van der Waals surface area (Å²) in [6.45, 7) is 7.96. The molecule has 0 N–H and O–H groups in total. The zero-order valence-electron chi connectivity index (χ0n) is 12.7. The molecule has 112 valence electrons. The zero-order chi connectivity index (χ0) is 15.4. The van der Waals surface area contributed by atoms with Crippen LogP contribution in [-0.4, -0.2) is 42.1 Å². The number of nitrogens with zero attached hydrogens (tertiary/aromatic N) is 2. The number of carbonyl (C=O) groups is 1. The first-order chi connectivity index (χ1) is 9.33. The van der Waals surface area contributed by atoms with Crippen molar-refractivity contribution in [3.8, 4) is 11.5 Å². The maximum atomic E-state index is 12.6. The van der Waals surface area contributed by atoms with Crippen molar-refractivity contribution in [2.75, 3.05) is 14.2 Å². The predicted octanol–water partition coefficient (Wildman–Crippen LogP) is 2.96. The Balaban J connectivity index is 3.26. The maximum absolute atomic E-state index is 12.6. The van der Waals surface area contributed by atoms with E-state index in [-0.39, 0.29) is 18.0 Å². The minimum absolute atomic E-state index is 0.103. The summed E-state index contributed by atoms with van der Waals surface area (Å²) in [5.74, 6) is 0.960. The van der Waals surface area contributed by atoms with Crippen molar-refractivity contribution in [1.82, 2.24) is 9.88 Å². The lowest BCUT2D eigenvalue weighted by atomic mass is 10.2. The van der Waals surface area contributed by atoms with Crippen molar-refractivity contribution < 1.29 is 14.3 Å². The normalized spacial score (nSPS) is 10.8. The summed E-state index contributed by atoms with van der Waals surface area (Å²) in [5, 5.41) is 0. The van der Waals surface area contributed by atoms with Gasteiger partial charge in [-0.1, -0.05) is 0 Å². The second-order valence-corrected chi connectivity index (χ2v) is 5.96. The van der Waals surface area contributed by atoms with Crippen LogP contribution in [0.1, 0.15) is 38.2 Å². The molecule has 1 aromatic rings. The quantitative estimate of drug-likeness (QED) is 0.571. The summed E-state index contributed by atoms with van der Waals surface area (Å²) < 4.78 is 11.1. The fourth-order valence-electron chi connectivity index (χ4n) is 2.12. The number of carbonyl (C=O) groups excluding carboxylic acids is 1. The van der Waals surface area contributed by atoms with Crippen molar-refractivity contribution in [3.63, 3.8) is 0 Å². The van der Waals surface area contributed by atoms with Crippen LogP contribution in [0.4, 0.5) is 0 Å². The number of ether oxygens (including phenoxy) is 2. The van der Waals surface area contributed by atoms with Crippen LogP contribution in [0.15, 0.2) is 6.07 Å². The molecular weight excluding hydrogens is 371 g/mol. The largest absolute Gasteiger partial charge is 0.493 e. The lowest BCUT2D eigenvalue weighted by molar-refractivity contribution is 0.0636. The molecule has 1 rings (SSSR count). The number of aromatic nitrogens is 1. The molecule has 0 fully saturated rings. The van der Waals surface area contributed by atoms with Crippen molar-refractivity contribution in [3.05, 3.63) is 15.5 Å². The van der Waals surface area contributed by atoms with E-state index in [1.807, 2.05) is 50.3 Å². The van der Waals surface area contributed by atoms with E-state index in [1.54, 1.807) is 25.2 Å². The third-order valence-electron chi connectivity index (χ3n) is 2.89. The Morgan fingerprint density at radius 3 is 2.15 bits per heavy atom. The number of pyridine rings is 1. The third-order valence-corrected chi connectivity index (χ3v) is 3.62. The van der Waals surface area contributed by atoms with E-state index in [4.69, 9.17) is 9.47 Å². The summed E-state index contributed by atoms with van der Waals surface area (Å²) in [4.78, 5) is 18.7. The van der Waals surface area contributed by atoms with Gasteiger partial charge in [0.1, 0.15) is 9.39 Å². The van der Waals surface area contributed by atoms with E-state index >= 15 is 0 Å². The lowest BCUT2D eigenvalue weighted by Gasteiger charge is -2.30. The third kappa shape index (κ3) is 3.53. The first-order valence-corrected chi connectivity index (χ1v) is 7.52. The number of halogens is 1. The summed E-state index contributed by atoms with van der Waals surface area (Å²) in [7, 11) is 3.10. The molecule has 0 spiro atoms. The monoisotopic (exact) mass is 392 g/mol. The van der Waals surface area contributed by atoms with Gasteiger partial charge < -0.3 is 14.4 Å². The van der Waals surface area contributed by atoms with Gasteiger partial charge in [0.15, 0.2) is 11.5 Å². The van der Waals surface area contributed by atoms with Crippen molar-refractivity contribution in [1.29, 1.82) is 0 Å². The van der Waals surface area contributed by atoms with Crippen LogP contribution in [0, 0.1) is 3.70 Å². The SMILES string of the molecule is COc1cc(C(=O)N(C(C)C)C(C)C)nc(I)c1OC. The minimum Gasteiger partial charge on any atom is -0.493 e. The summed E-state index contributed by atoms with van der Waals surface area (Å²) in [6, 6.07) is 1.84. The Labute approximate surface area is 133 Å². The fraction of sp³-hybridized carbons (Fsp3) is 0.571. The van der Waals surface area contributed by atoms with E-state index in [0.717, 1.165) is 0 Å². The molecule has 6 heteroatoms. The second kappa shape index (κ2) is 7.10. The molecule has 0 aliphatic rings. The summed E-state index contributed by atoms with van der Waals surface area (Å²) in [5.41, 5.74) is 0.370. The highest BCUT2D eigenvalue weighted by molar-refractivity contribution is 14.1. The average molecular weight is 392 g/mol. The zero-order valence-corrected chi connectivity index (χ0v) is 14.9. The molecule has 5 nitrogen and oxygen atoms in total. The van der Waals surface area contributed by atoms with Crippen LogP contribution in [-0.2, 0) is 0 Å². The Hall–Kier alpha value is -1.05. The smallest absolute Gasteiger partial charge is 0.273 e. The average Bonchev–Trinajstić information content (AvgIpc) is 2.36. The van der Waals surface area contributed by atoms with Crippen LogP contribution >= 0.6 is 22.6 Å². The number of hydrogen-bond donors (Lipinski definition) is 0. The molecule has 1 heterocycles. The number of hydrogen-bond acceptors (Lipinski definition) is 4. The molecule has 1 aromatic heterocycles. The standard InChI is InChI=1S/C14H21IN2O3/c1-8(2)17(9(3)4)14(18)10-7-11(19-5)12(20-6)13(15)16-10/h7-9H,1-6H3. The summed E-state index contributed by atoms with van der Waals surface area (Å²) >= 11 is 2.04. The molecule has 20 heavy (non-hydrogen) atoms. The number of amides is 1. The van der Waals surface area contributed by atoms with Gasteiger partial charge in [-0.2, -0.15) is 0 Å². The highest BCUT2D eigenvalue weighted by Gasteiger charge is 2.25. The van der Waals surface area contributed by atoms with E-state index in [9.17, 15) is 4.79 Å². The van der Waals surface area contributed by atoms with E-state index in [2.05, 4.69) is 4.98 Å². The molecule has 0 bridgehead atoms. The molecular formula is C14H21IN2O3. The predicted molar refractivity (Wildman–Crippen MR) is 86.5 cm³/mol. The number of rotatable bonds is 5. The Morgan fingerprint density at radius 1 is 1.20 bits per heavy atom. The molecule has 0 aliphatic carbocycles. The molecule has 0 saturated heterocycles. The topological polar surface area (TPSA) is 51.7 Å². The molecule has 1 amide bonds. The van der Waals surface area contributed by atoms with Gasteiger partial charge in [0.05, 0.1) is 14.2 Å². The van der Waals surface area contributed by atoms with Gasteiger partial charge in [0.2, 0.25) is 0 Å². The second-order valence-electron chi connectivity index (χ2n) is 4.93. The van der Waals surface area contributed by atoms with Gasteiger partial charge in [-0.05, 0) is 50.3 Å². The van der Waals surface area contributed by atoms with E-state index in [1.165, 1.54) is 0 Å². The van der Waals surface area contributed by atoms with E-state index < -0.39 is 0 Å². The van der Waals surface area contributed by atoms with Gasteiger partial charge in [0.25, 0.3) is 5.91 Å². The number of methoxy groups -OCH3 is 2. The fourth-order valence-corrected chi connectivity index (χ4v) is 2.87. The van der Waals surface area contributed by atoms with Crippen molar-refractivity contribution in [2.24, 2.45) is 0 Å². The summed E-state index contributed by atoms with van der Waals surface area (Å²) in [6.07, 6.45) is 0. The van der Waals surface area contributed by atoms with Crippen LogP contribution in [0.2, 0.25) is 0 Å². The van der Waals surface area contributed by atoms with Gasteiger partial charge in [-0.15, -0.1) is 0 Å². The van der Waals surface area contributed by atoms with Crippen LogP contribution < -0.4 is 9.47 Å². The highest BCUT2D eigenvalue weighted by Crippen LogP contribution is 2.32. The molecule has 0 aliphatic heterocycles. The van der Waals surface area contributed by atoms with E-state index in [0.29, 0.717) is 20.9 Å². The Morgan fingerprint density at radius 2 is 1.75 bits per heavy atom. The molecule has 0 atom stereocenters.